The van der Waals surface area contributed by atoms with Gasteiger partial charge in [0.1, 0.15) is 10.0 Å². The van der Waals surface area contributed by atoms with Gasteiger partial charge in [0.25, 0.3) is 0 Å². The molecule has 0 radical (unpaired) electrons. The highest BCUT2D eigenvalue weighted by atomic mass is 32.1. The number of rotatable bonds is 4. The Morgan fingerprint density at radius 2 is 1.51 bits per heavy atom. The monoisotopic (exact) mass is 536 g/mol. The maximum atomic E-state index is 5.12. The quantitative estimate of drug-likeness (QED) is 0.225. The predicted octanol–water partition coefficient (Wildman–Crippen LogP) is 9.25. The molecule has 4 aromatic carbocycles. The molecule has 8 aromatic rings. The molecule has 39 heavy (non-hydrogen) atoms. The van der Waals surface area contributed by atoms with Gasteiger partial charge in [0.2, 0.25) is 0 Å². The first-order valence-electron chi connectivity index (χ1n) is 12.7. The first kappa shape index (κ1) is 22.3. The highest BCUT2D eigenvalue weighted by Crippen LogP contribution is 2.39. The third kappa shape index (κ3) is 3.68. The van der Waals surface area contributed by atoms with Crippen molar-refractivity contribution < 1.29 is 0 Å². The van der Waals surface area contributed by atoms with Crippen LogP contribution in [0.25, 0.3) is 70.1 Å². The van der Waals surface area contributed by atoms with Crippen molar-refractivity contribution in [3.05, 3.63) is 121 Å². The van der Waals surface area contributed by atoms with Gasteiger partial charge < -0.3 is 4.57 Å². The molecule has 0 bridgehead atoms. The SMILES string of the molecule is c1ccc(-c2cccc(-n3c4ccccc4c4ccc(-c5nc6c(-c7nccs7)cccc6s5)cc43)c2)nc1. The minimum absolute atomic E-state index is 0.964. The van der Waals surface area contributed by atoms with E-state index in [0.717, 1.165) is 49.1 Å². The second kappa shape index (κ2) is 8.98. The zero-order valence-electron chi connectivity index (χ0n) is 20.7. The summed E-state index contributed by atoms with van der Waals surface area (Å²) in [4.78, 5) is 14.2. The molecule has 184 valence electrons. The molecule has 0 aliphatic heterocycles. The molecular weight excluding hydrogens is 517 g/mol. The zero-order valence-corrected chi connectivity index (χ0v) is 22.3. The lowest BCUT2D eigenvalue weighted by Crippen LogP contribution is -1.95. The molecule has 0 aliphatic carbocycles. The van der Waals surface area contributed by atoms with Gasteiger partial charge in [0.15, 0.2) is 0 Å². The fraction of sp³-hybridized carbons (Fsp3) is 0. The second-order valence-corrected chi connectivity index (χ2v) is 11.3. The van der Waals surface area contributed by atoms with E-state index in [1.54, 1.807) is 22.7 Å². The van der Waals surface area contributed by atoms with Crippen molar-refractivity contribution in [3.63, 3.8) is 0 Å². The van der Waals surface area contributed by atoms with Crippen LogP contribution < -0.4 is 0 Å². The van der Waals surface area contributed by atoms with Gasteiger partial charge in [-0.3, -0.25) is 4.98 Å². The van der Waals surface area contributed by atoms with Crippen LogP contribution in [-0.2, 0) is 0 Å². The molecule has 4 nitrogen and oxygen atoms in total. The van der Waals surface area contributed by atoms with Crippen LogP contribution in [0.5, 0.6) is 0 Å². The Labute approximate surface area is 232 Å². The van der Waals surface area contributed by atoms with Crippen LogP contribution in [0.4, 0.5) is 0 Å². The van der Waals surface area contributed by atoms with Crippen molar-refractivity contribution in [2.24, 2.45) is 0 Å². The van der Waals surface area contributed by atoms with E-state index >= 15 is 0 Å². The van der Waals surface area contributed by atoms with Gasteiger partial charge in [-0.25, -0.2) is 9.97 Å². The number of hydrogen-bond acceptors (Lipinski definition) is 5. The van der Waals surface area contributed by atoms with E-state index < -0.39 is 0 Å². The summed E-state index contributed by atoms with van der Waals surface area (Å²) in [6.07, 6.45) is 3.69. The molecule has 4 heterocycles. The Morgan fingerprint density at radius 1 is 0.615 bits per heavy atom. The summed E-state index contributed by atoms with van der Waals surface area (Å²) in [5.74, 6) is 0. The summed E-state index contributed by atoms with van der Waals surface area (Å²) in [6, 6.07) is 36.3. The fourth-order valence-corrected chi connectivity index (χ4v) is 6.97. The molecule has 6 heteroatoms. The van der Waals surface area contributed by atoms with Gasteiger partial charge in [-0.15, -0.1) is 22.7 Å². The highest BCUT2D eigenvalue weighted by Gasteiger charge is 2.16. The minimum Gasteiger partial charge on any atom is -0.309 e. The zero-order chi connectivity index (χ0) is 25.8. The number of pyridine rings is 1. The van der Waals surface area contributed by atoms with Crippen molar-refractivity contribution in [3.8, 4) is 38.1 Å². The van der Waals surface area contributed by atoms with E-state index in [1.807, 2.05) is 29.9 Å². The average Bonchev–Trinajstić information content (AvgIpc) is 3.75. The van der Waals surface area contributed by atoms with Gasteiger partial charge in [0, 0.05) is 50.9 Å². The van der Waals surface area contributed by atoms with Crippen molar-refractivity contribution in [1.29, 1.82) is 0 Å². The molecule has 0 amide bonds. The third-order valence-electron chi connectivity index (χ3n) is 7.07. The van der Waals surface area contributed by atoms with Crippen LogP contribution in [0.3, 0.4) is 0 Å². The van der Waals surface area contributed by atoms with Crippen LogP contribution in [0.2, 0.25) is 0 Å². The average molecular weight is 537 g/mol. The summed E-state index contributed by atoms with van der Waals surface area (Å²) in [6.45, 7) is 0. The first-order valence-corrected chi connectivity index (χ1v) is 14.4. The Morgan fingerprint density at radius 3 is 2.41 bits per heavy atom. The first-order chi connectivity index (χ1) is 19.3. The maximum absolute atomic E-state index is 5.12. The van der Waals surface area contributed by atoms with Gasteiger partial charge >= 0.3 is 0 Å². The number of para-hydroxylation sites is 2. The van der Waals surface area contributed by atoms with Crippen molar-refractivity contribution >= 4 is 54.7 Å². The van der Waals surface area contributed by atoms with E-state index in [-0.39, 0.29) is 0 Å². The summed E-state index contributed by atoms with van der Waals surface area (Å²) in [5.41, 5.74) is 8.71. The van der Waals surface area contributed by atoms with Crippen molar-refractivity contribution in [1.82, 2.24) is 19.5 Å². The van der Waals surface area contributed by atoms with Gasteiger partial charge in [0.05, 0.1) is 26.9 Å². The van der Waals surface area contributed by atoms with E-state index in [2.05, 4.69) is 106 Å². The molecule has 0 saturated carbocycles. The van der Waals surface area contributed by atoms with E-state index in [9.17, 15) is 0 Å². The van der Waals surface area contributed by atoms with Crippen LogP contribution in [-0.4, -0.2) is 19.5 Å². The minimum atomic E-state index is 0.964. The highest BCUT2D eigenvalue weighted by molar-refractivity contribution is 7.21. The number of fused-ring (bicyclic) bond motifs is 4. The predicted molar refractivity (Wildman–Crippen MR) is 164 cm³/mol. The smallest absolute Gasteiger partial charge is 0.125 e. The van der Waals surface area contributed by atoms with Crippen molar-refractivity contribution in [2.45, 2.75) is 0 Å². The van der Waals surface area contributed by atoms with Gasteiger partial charge in [-0.1, -0.05) is 54.6 Å². The number of nitrogens with zero attached hydrogens (tertiary/aromatic N) is 4. The lowest BCUT2D eigenvalue weighted by atomic mass is 10.1. The topological polar surface area (TPSA) is 43.6 Å². The molecule has 0 fully saturated rings. The second-order valence-electron chi connectivity index (χ2n) is 9.36. The molecule has 0 N–H and O–H groups in total. The van der Waals surface area contributed by atoms with E-state index in [4.69, 9.17) is 4.98 Å². The standard InChI is InChI=1S/C33H20N4S2/c1-2-12-28-24(9-1)25-15-14-22(32-36-31-26(33-35-17-18-38-33)10-6-13-30(31)39-32)20-29(25)37(28)23-8-5-7-21(19-23)27-11-3-4-16-34-27/h1-20H. The summed E-state index contributed by atoms with van der Waals surface area (Å²) in [5, 5.41) is 6.48. The number of aromatic nitrogens is 4. The summed E-state index contributed by atoms with van der Waals surface area (Å²) < 4.78 is 3.52. The normalized spacial score (nSPS) is 11.6. The van der Waals surface area contributed by atoms with E-state index in [1.165, 1.54) is 21.0 Å². The fourth-order valence-electron chi connectivity index (χ4n) is 5.32. The lowest BCUT2D eigenvalue weighted by Gasteiger charge is -2.10. The van der Waals surface area contributed by atoms with Gasteiger partial charge in [-0.05, 0) is 48.5 Å². The molecule has 0 spiro atoms. The number of thiazole rings is 2. The van der Waals surface area contributed by atoms with Crippen LogP contribution >= 0.6 is 22.7 Å². The molecule has 0 aliphatic rings. The van der Waals surface area contributed by atoms with Crippen LogP contribution in [0.1, 0.15) is 0 Å². The van der Waals surface area contributed by atoms with Crippen LogP contribution in [0.15, 0.2) is 121 Å². The number of hydrogen-bond donors (Lipinski definition) is 0. The number of benzene rings is 4. The van der Waals surface area contributed by atoms with Gasteiger partial charge in [-0.2, -0.15) is 0 Å². The molecule has 8 rings (SSSR count). The lowest BCUT2D eigenvalue weighted by molar-refractivity contribution is 1.18. The Balaban J connectivity index is 1.34. The van der Waals surface area contributed by atoms with E-state index in [0.29, 0.717) is 0 Å². The molecule has 0 atom stereocenters. The Kier molecular flexibility index (Phi) is 5.14. The van der Waals surface area contributed by atoms with Crippen LogP contribution in [0, 0.1) is 0 Å². The third-order valence-corrected chi connectivity index (χ3v) is 8.94. The summed E-state index contributed by atoms with van der Waals surface area (Å²) >= 11 is 3.37. The molecule has 4 aromatic heterocycles. The largest absolute Gasteiger partial charge is 0.309 e. The summed E-state index contributed by atoms with van der Waals surface area (Å²) in [7, 11) is 0. The molecule has 0 saturated heterocycles. The maximum Gasteiger partial charge on any atom is 0.125 e. The molecule has 0 unspecified atom stereocenters. The Hall–Kier alpha value is -4.65. The molecular formula is C33H20N4S2. The van der Waals surface area contributed by atoms with Crippen molar-refractivity contribution in [2.75, 3.05) is 0 Å². The Bertz CT molecular complexity index is 2120.